The Morgan fingerprint density at radius 1 is 1.18 bits per heavy atom. The van der Waals surface area contributed by atoms with Gasteiger partial charge in [-0.25, -0.2) is 0 Å². The van der Waals surface area contributed by atoms with Crippen LogP contribution >= 0.6 is 0 Å². The zero-order chi connectivity index (χ0) is 11.7. The molecule has 1 aliphatic carbocycles. The van der Waals surface area contributed by atoms with Crippen molar-refractivity contribution in [2.45, 2.75) is 37.5 Å². The summed E-state index contributed by atoms with van der Waals surface area (Å²) >= 11 is 0. The van der Waals surface area contributed by atoms with Crippen molar-refractivity contribution < 1.29 is 4.74 Å². The molecule has 4 heteroatoms. The highest BCUT2D eigenvalue weighted by atomic mass is 16.5. The molecule has 1 N–H and O–H groups in total. The molecule has 0 aromatic carbocycles. The van der Waals surface area contributed by atoms with E-state index in [0.29, 0.717) is 12.1 Å². The van der Waals surface area contributed by atoms with E-state index in [1.165, 1.54) is 32.4 Å². The van der Waals surface area contributed by atoms with Crippen molar-refractivity contribution >= 4 is 0 Å². The lowest BCUT2D eigenvalue weighted by Gasteiger charge is -2.31. The van der Waals surface area contributed by atoms with E-state index >= 15 is 0 Å². The number of likely N-dealkylation sites (tertiary alicyclic amines) is 1. The number of rotatable bonds is 4. The standard InChI is InChI=1S/C13H25N3O/c1-15-6-7-17-13(10-15)8-14-11-4-5-16(9-11)12-2-3-12/h11-14H,2-10H2,1H3. The third-order valence-electron chi connectivity index (χ3n) is 4.26. The molecule has 1 saturated carbocycles. The topological polar surface area (TPSA) is 27.7 Å². The van der Waals surface area contributed by atoms with Crippen molar-refractivity contribution in [3.8, 4) is 0 Å². The highest BCUT2D eigenvalue weighted by Crippen LogP contribution is 2.29. The Morgan fingerprint density at radius 2 is 2.06 bits per heavy atom. The number of morpholine rings is 1. The first-order valence-corrected chi connectivity index (χ1v) is 7.09. The maximum Gasteiger partial charge on any atom is 0.0826 e. The second-order valence-corrected chi connectivity index (χ2v) is 5.87. The lowest BCUT2D eigenvalue weighted by molar-refractivity contribution is -0.0191. The molecule has 2 heterocycles. The van der Waals surface area contributed by atoms with Crippen LogP contribution in [0.4, 0.5) is 0 Å². The van der Waals surface area contributed by atoms with E-state index in [9.17, 15) is 0 Å². The molecular weight excluding hydrogens is 214 g/mol. The number of likely N-dealkylation sites (N-methyl/N-ethyl adjacent to an activating group) is 1. The van der Waals surface area contributed by atoms with Crippen LogP contribution in [0.2, 0.25) is 0 Å². The molecule has 3 fully saturated rings. The molecule has 0 radical (unpaired) electrons. The molecule has 0 bridgehead atoms. The average Bonchev–Trinajstić information content (AvgIpc) is 3.07. The minimum atomic E-state index is 0.392. The van der Waals surface area contributed by atoms with Gasteiger partial charge < -0.3 is 15.0 Å². The van der Waals surface area contributed by atoms with Gasteiger partial charge in [0.15, 0.2) is 0 Å². The largest absolute Gasteiger partial charge is 0.374 e. The Morgan fingerprint density at radius 3 is 2.82 bits per heavy atom. The number of ether oxygens (including phenoxy) is 1. The Balaban J connectivity index is 1.36. The van der Waals surface area contributed by atoms with Gasteiger partial charge in [0, 0.05) is 44.8 Å². The molecule has 2 unspecified atom stereocenters. The first-order valence-electron chi connectivity index (χ1n) is 7.09. The van der Waals surface area contributed by atoms with Gasteiger partial charge in [0.1, 0.15) is 0 Å². The maximum atomic E-state index is 5.78. The fourth-order valence-electron chi connectivity index (χ4n) is 3.01. The molecule has 3 rings (SSSR count). The van der Waals surface area contributed by atoms with Crippen LogP contribution in [0.3, 0.4) is 0 Å². The van der Waals surface area contributed by atoms with E-state index in [4.69, 9.17) is 4.74 Å². The number of hydrogen-bond donors (Lipinski definition) is 1. The minimum Gasteiger partial charge on any atom is -0.374 e. The van der Waals surface area contributed by atoms with Crippen LogP contribution in [0, 0.1) is 0 Å². The first kappa shape index (κ1) is 11.9. The summed E-state index contributed by atoms with van der Waals surface area (Å²) in [5.41, 5.74) is 0. The second kappa shape index (κ2) is 5.22. The minimum absolute atomic E-state index is 0.392. The summed E-state index contributed by atoms with van der Waals surface area (Å²) < 4.78 is 5.78. The molecule has 17 heavy (non-hydrogen) atoms. The predicted molar refractivity (Wildman–Crippen MR) is 68.2 cm³/mol. The van der Waals surface area contributed by atoms with Gasteiger partial charge in [-0.05, 0) is 26.3 Å². The third-order valence-corrected chi connectivity index (χ3v) is 4.26. The van der Waals surface area contributed by atoms with Crippen molar-refractivity contribution in [3.05, 3.63) is 0 Å². The van der Waals surface area contributed by atoms with Gasteiger partial charge in [-0.3, -0.25) is 4.90 Å². The van der Waals surface area contributed by atoms with Gasteiger partial charge in [-0.2, -0.15) is 0 Å². The molecule has 2 saturated heterocycles. The third kappa shape index (κ3) is 3.19. The zero-order valence-electron chi connectivity index (χ0n) is 10.9. The maximum absolute atomic E-state index is 5.78. The lowest BCUT2D eigenvalue weighted by atomic mass is 10.2. The van der Waals surface area contributed by atoms with Gasteiger partial charge in [-0.1, -0.05) is 0 Å². The molecule has 2 aliphatic heterocycles. The smallest absolute Gasteiger partial charge is 0.0826 e. The van der Waals surface area contributed by atoms with Crippen molar-refractivity contribution in [2.75, 3.05) is 46.4 Å². The van der Waals surface area contributed by atoms with E-state index in [1.54, 1.807) is 0 Å². The summed E-state index contributed by atoms with van der Waals surface area (Å²) in [6, 6.07) is 1.63. The highest BCUT2D eigenvalue weighted by molar-refractivity contribution is 4.92. The van der Waals surface area contributed by atoms with Gasteiger partial charge in [0.25, 0.3) is 0 Å². The van der Waals surface area contributed by atoms with Crippen LogP contribution in [0.25, 0.3) is 0 Å². The van der Waals surface area contributed by atoms with Crippen LogP contribution in [0.1, 0.15) is 19.3 Å². The molecule has 98 valence electrons. The summed E-state index contributed by atoms with van der Waals surface area (Å²) in [5, 5.41) is 3.69. The normalized spacial score (nSPS) is 36.5. The van der Waals surface area contributed by atoms with E-state index < -0.39 is 0 Å². The van der Waals surface area contributed by atoms with Crippen LogP contribution in [0.5, 0.6) is 0 Å². The molecule has 3 aliphatic rings. The summed E-state index contributed by atoms with van der Waals surface area (Å²) in [4.78, 5) is 5.02. The van der Waals surface area contributed by atoms with Gasteiger partial charge in [-0.15, -0.1) is 0 Å². The predicted octanol–water partition coefficient (Wildman–Crippen LogP) is 0.143. The van der Waals surface area contributed by atoms with Crippen molar-refractivity contribution in [1.82, 2.24) is 15.1 Å². The summed E-state index contributed by atoms with van der Waals surface area (Å²) in [6.45, 7) is 6.62. The quantitative estimate of drug-likeness (QED) is 0.755. The van der Waals surface area contributed by atoms with E-state index in [0.717, 1.165) is 32.3 Å². The molecule has 0 amide bonds. The Hall–Kier alpha value is -0.160. The molecule has 2 atom stereocenters. The SMILES string of the molecule is CN1CCOC(CNC2CCN(C3CC3)C2)C1. The monoisotopic (exact) mass is 239 g/mol. The van der Waals surface area contributed by atoms with E-state index in [-0.39, 0.29) is 0 Å². The van der Waals surface area contributed by atoms with Gasteiger partial charge in [0.05, 0.1) is 12.7 Å². The Labute approximate surface area is 104 Å². The van der Waals surface area contributed by atoms with Crippen molar-refractivity contribution in [3.63, 3.8) is 0 Å². The van der Waals surface area contributed by atoms with Crippen LogP contribution in [0.15, 0.2) is 0 Å². The van der Waals surface area contributed by atoms with Crippen molar-refractivity contribution in [2.24, 2.45) is 0 Å². The lowest BCUT2D eigenvalue weighted by Crippen LogP contribution is -2.47. The molecule has 0 aromatic rings. The Bertz CT molecular complexity index is 257. The molecular formula is C13H25N3O. The molecule has 0 spiro atoms. The van der Waals surface area contributed by atoms with E-state index in [1.807, 2.05) is 0 Å². The number of hydrogen-bond acceptors (Lipinski definition) is 4. The zero-order valence-corrected chi connectivity index (χ0v) is 10.9. The summed E-state index contributed by atoms with van der Waals surface area (Å²) in [6.07, 6.45) is 4.58. The molecule has 4 nitrogen and oxygen atoms in total. The van der Waals surface area contributed by atoms with Gasteiger partial charge >= 0.3 is 0 Å². The number of nitrogens with one attached hydrogen (secondary N) is 1. The fraction of sp³-hybridized carbons (Fsp3) is 1.00. The fourth-order valence-corrected chi connectivity index (χ4v) is 3.01. The van der Waals surface area contributed by atoms with Crippen molar-refractivity contribution in [1.29, 1.82) is 0 Å². The van der Waals surface area contributed by atoms with E-state index in [2.05, 4.69) is 22.2 Å². The van der Waals surface area contributed by atoms with Crippen LogP contribution in [-0.4, -0.2) is 74.4 Å². The Kier molecular flexibility index (Phi) is 3.66. The average molecular weight is 239 g/mol. The summed E-state index contributed by atoms with van der Waals surface area (Å²) in [7, 11) is 2.18. The summed E-state index contributed by atoms with van der Waals surface area (Å²) in [5.74, 6) is 0. The first-order chi connectivity index (χ1) is 8.31. The second-order valence-electron chi connectivity index (χ2n) is 5.87. The van der Waals surface area contributed by atoms with Gasteiger partial charge in [0.2, 0.25) is 0 Å². The highest BCUT2D eigenvalue weighted by Gasteiger charge is 2.34. The molecule has 0 aromatic heterocycles. The van der Waals surface area contributed by atoms with Crippen LogP contribution in [-0.2, 0) is 4.74 Å². The number of nitrogens with zero attached hydrogens (tertiary/aromatic N) is 2. The van der Waals surface area contributed by atoms with Crippen LogP contribution < -0.4 is 5.32 Å².